The molecule has 1 rings (SSSR count). The van der Waals surface area contributed by atoms with E-state index in [1.54, 1.807) is 24.3 Å². The molecule has 0 saturated carbocycles. The molecule has 0 N–H and O–H groups in total. The van der Waals surface area contributed by atoms with Crippen molar-refractivity contribution in [3.63, 3.8) is 0 Å². The second-order valence-corrected chi connectivity index (χ2v) is 5.32. The summed E-state index contributed by atoms with van der Waals surface area (Å²) in [6.45, 7) is 1.98. The average molecular weight is 223 g/mol. The number of sulfonamides is 1. The number of hydrogen-bond donors (Lipinski definition) is 0. The highest BCUT2D eigenvalue weighted by atomic mass is 32.2. The molecule has 0 fully saturated rings. The average Bonchev–Trinajstić information content (AvgIpc) is 2.18. The van der Waals surface area contributed by atoms with Crippen molar-refractivity contribution in [2.24, 2.45) is 0 Å². The lowest BCUT2D eigenvalue weighted by molar-refractivity contribution is 0.503. The van der Waals surface area contributed by atoms with Gasteiger partial charge in [-0.3, -0.25) is 0 Å². The van der Waals surface area contributed by atoms with Crippen molar-refractivity contribution >= 4 is 10.0 Å². The molecule has 4 heteroatoms. The van der Waals surface area contributed by atoms with Crippen molar-refractivity contribution in [2.45, 2.75) is 11.8 Å². The molecule has 0 amide bonds. The van der Waals surface area contributed by atoms with Crippen LogP contribution in [0.1, 0.15) is 5.56 Å². The molecule has 0 saturated heterocycles. The van der Waals surface area contributed by atoms with Gasteiger partial charge >= 0.3 is 0 Å². The number of aryl methyl sites for hydroxylation is 1. The fourth-order valence-corrected chi connectivity index (χ4v) is 2.19. The Balaban J connectivity index is 3.07. The Morgan fingerprint density at radius 2 is 1.87 bits per heavy atom. The van der Waals surface area contributed by atoms with Crippen molar-refractivity contribution < 1.29 is 8.42 Å². The van der Waals surface area contributed by atoms with Gasteiger partial charge in [-0.05, 0) is 19.1 Å². The van der Waals surface area contributed by atoms with Crippen molar-refractivity contribution in [3.8, 4) is 12.3 Å². The maximum Gasteiger partial charge on any atom is 0.243 e. The summed E-state index contributed by atoms with van der Waals surface area (Å²) in [6, 6.07) is 6.68. The first-order valence-corrected chi connectivity index (χ1v) is 5.89. The summed E-state index contributed by atoms with van der Waals surface area (Å²) in [4.78, 5) is 0.269. The minimum absolute atomic E-state index is 0.0796. The lowest BCUT2D eigenvalue weighted by Gasteiger charge is -2.14. The highest BCUT2D eigenvalue weighted by Gasteiger charge is 2.19. The topological polar surface area (TPSA) is 37.4 Å². The predicted molar refractivity (Wildman–Crippen MR) is 59.8 cm³/mol. The van der Waals surface area contributed by atoms with Gasteiger partial charge in [-0.25, -0.2) is 8.42 Å². The van der Waals surface area contributed by atoms with Gasteiger partial charge in [0.05, 0.1) is 11.4 Å². The molecular formula is C11H13NO2S. The van der Waals surface area contributed by atoms with E-state index < -0.39 is 10.0 Å². The third-order valence-corrected chi connectivity index (χ3v) is 3.86. The van der Waals surface area contributed by atoms with Crippen LogP contribution in [-0.2, 0) is 10.0 Å². The van der Waals surface area contributed by atoms with E-state index in [0.29, 0.717) is 0 Å². The first-order chi connectivity index (χ1) is 6.98. The van der Waals surface area contributed by atoms with Gasteiger partial charge in [-0.2, -0.15) is 4.31 Å². The largest absolute Gasteiger partial charge is 0.243 e. The molecular weight excluding hydrogens is 210 g/mol. The normalized spacial score (nSPS) is 11.3. The summed E-state index contributed by atoms with van der Waals surface area (Å²) in [5, 5.41) is 0. The van der Waals surface area contributed by atoms with Gasteiger partial charge in [-0.1, -0.05) is 23.6 Å². The van der Waals surface area contributed by atoms with E-state index in [1.165, 1.54) is 7.05 Å². The molecule has 80 valence electrons. The van der Waals surface area contributed by atoms with Gasteiger partial charge in [0.1, 0.15) is 0 Å². The molecule has 15 heavy (non-hydrogen) atoms. The van der Waals surface area contributed by atoms with Gasteiger partial charge in [-0.15, -0.1) is 6.42 Å². The molecule has 0 bridgehead atoms. The maximum absolute atomic E-state index is 11.9. The molecule has 0 unspecified atom stereocenters. The highest BCUT2D eigenvalue weighted by Crippen LogP contribution is 2.14. The molecule has 0 atom stereocenters. The first-order valence-electron chi connectivity index (χ1n) is 4.45. The fourth-order valence-electron chi connectivity index (χ4n) is 1.10. The molecule has 1 aromatic rings. The minimum atomic E-state index is -3.43. The lowest BCUT2D eigenvalue weighted by Crippen LogP contribution is -2.27. The zero-order valence-electron chi connectivity index (χ0n) is 8.77. The molecule has 1 aromatic carbocycles. The van der Waals surface area contributed by atoms with Gasteiger partial charge < -0.3 is 0 Å². The second kappa shape index (κ2) is 4.47. The Bertz CT molecular complexity index is 468. The van der Waals surface area contributed by atoms with E-state index in [0.717, 1.165) is 9.87 Å². The standard InChI is InChI=1S/C11H13NO2S/c1-4-9-12(3)15(13,14)11-7-5-10(2)6-8-11/h1,5-8H,9H2,2-3H3. The van der Waals surface area contributed by atoms with Crippen LogP contribution in [0.4, 0.5) is 0 Å². The Morgan fingerprint density at radius 3 is 2.33 bits per heavy atom. The van der Waals surface area contributed by atoms with E-state index in [4.69, 9.17) is 6.42 Å². The molecule has 0 aliphatic rings. The summed E-state index contributed by atoms with van der Waals surface area (Å²) in [5.41, 5.74) is 1.02. The first kappa shape index (κ1) is 11.8. The van der Waals surface area contributed by atoms with Gasteiger partial charge in [0.25, 0.3) is 0 Å². The number of hydrogen-bond acceptors (Lipinski definition) is 2. The molecule has 0 radical (unpaired) electrons. The Labute approximate surface area is 90.8 Å². The number of terminal acetylenes is 1. The summed E-state index contributed by atoms with van der Waals surface area (Å²) < 4.78 is 24.9. The Hall–Kier alpha value is -1.31. The van der Waals surface area contributed by atoms with E-state index in [2.05, 4.69) is 5.92 Å². The number of benzene rings is 1. The van der Waals surface area contributed by atoms with Gasteiger partial charge in [0, 0.05) is 7.05 Å². The van der Waals surface area contributed by atoms with Crippen molar-refractivity contribution in [1.29, 1.82) is 0 Å². The fraction of sp³-hybridized carbons (Fsp3) is 0.273. The van der Waals surface area contributed by atoms with Crippen molar-refractivity contribution in [2.75, 3.05) is 13.6 Å². The third-order valence-electron chi connectivity index (χ3n) is 2.04. The molecule has 0 aromatic heterocycles. The van der Waals surface area contributed by atoms with Crippen LogP contribution in [0, 0.1) is 19.3 Å². The van der Waals surface area contributed by atoms with E-state index in [1.807, 2.05) is 6.92 Å². The summed E-state index contributed by atoms with van der Waals surface area (Å²) in [6.07, 6.45) is 5.07. The molecule has 0 aliphatic heterocycles. The van der Waals surface area contributed by atoms with Crippen LogP contribution in [0.5, 0.6) is 0 Å². The zero-order valence-corrected chi connectivity index (χ0v) is 9.58. The van der Waals surface area contributed by atoms with Crippen molar-refractivity contribution in [3.05, 3.63) is 29.8 Å². The van der Waals surface area contributed by atoms with Crippen LogP contribution in [-0.4, -0.2) is 26.3 Å². The van der Waals surface area contributed by atoms with Crippen LogP contribution in [0.15, 0.2) is 29.2 Å². The molecule has 0 heterocycles. The molecule has 0 aliphatic carbocycles. The lowest BCUT2D eigenvalue weighted by atomic mass is 10.2. The van der Waals surface area contributed by atoms with Crippen LogP contribution >= 0.6 is 0 Å². The zero-order chi connectivity index (χ0) is 11.5. The third kappa shape index (κ3) is 2.58. The smallest absolute Gasteiger partial charge is 0.207 e. The number of rotatable bonds is 3. The second-order valence-electron chi connectivity index (χ2n) is 3.28. The van der Waals surface area contributed by atoms with Crippen LogP contribution in [0.3, 0.4) is 0 Å². The van der Waals surface area contributed by atoms with E-state index in [9.17, 15) is 8.42 Å². The van der Waals surface area contributed by atoms with Crippen LogP contribution < -0.4 is 0 Å². The quantitative estimate of drug-likeness (QED) is 0.723. The summed E-state index contributed by atoms with van der Waals surface area (Å²) in [7, 11) is -1.96. The number of nitrogens with zero attached hydrogens (tertiary/aromatic N) is 1. The van der Waals surface area contributed by atoms with Crippen molar-refractivity contribution in [1.82, 2.24) is 4.31 Å². The SMILES string of the molecule is C#CCN(C)S(=O)(=O)c1ccc(C)cc1. The molecule has 0 spiro atoms. The van der Waals surface area contributed by atoms with Crippen LogP contribution in [0.25, 0.3) is 0 Å². The maximum atomic E-state index is 11.9. The van der Waals surface area contributed by atoms with E-state index >= 15 is 0 Å². The van der Waals surface area contributed by atoms with Crippen LogP contribution in [0.2, 0.25) is 0 Å². The van der Waals surface area contributed by atoms with Gasteiger partial charge in [0.15, 0.2) is 0 Å². The Kier molecular flexibility index (Phi) is 3.51. The summed E-state index contributed by atoms with van der Waals surface area (Å²) in [5.74, 6) is 2.30. The monoisotopic (exact) mass is 223 g/mol. The predicted octanol–water partition coefficient (Wildman–Crippen LogP) is 1.25. The molecule has 3 nitrogen and oxygen atoms in total. The highest BCUT2D eigenvalue weighted by molar-refractivity contribution is 7.89. The van der Waals surface area contributed by atoms with E-state index in [-0.39, 0.29) is 11.4 Å². The Morgan fingerprint density at radius 1 is 1.33 bits per heavy atom. The summed E-state index contributed by atoms with van der Waals surface area (Å²) >= 11 is 0. The minimum Gasteiger partial charge on any atom is -0.207 e. The van der Waals surface area contributed by atoms with Gasteiger partial charge in [0.2, 0.25) is 10.0 Å².